The Kier molecular flexibility index (Phi) is 5.64. The van der Waals surface area contributed by atoms with Crippen molar-refractivity contribution in [1.29, 1.82) is 0 Å². The molecule has 3 saturated heterocycles. The number of halogens is 1. The summed E-state index contributed by atoms with van der Waals surface area (Å²) in [5.74, 6) is 0.193. The van der Waals surface area contributed by atoms with E-state index in [2.05, 4.69) is 4.90 Å². The zero-order valence-electron chi connectivity index (χ0n) is 15.9. The summed E-state index contributed by atoms with van der Waals surface area (Å²) in [5.41, 5.74) is -0.0555. The topological polar surface area (TPSA) is 42.0 Å². The van der Waals surface area contributed by atoms with E-state index >= 15 is 0 Å². The molecule has 5 nitrogen and oxygen atoms in total. The van der Waals surface area contributed by atoms with Gasteiger partial charge in [0.05, 0.1) is 5.60 Å². The number of piperidine rings is 1. The Labute approximate surface area is 160 Å². The van der Waals surface area contributed by atoms with E-state index in [-0.39, 0.29) is 23.9 Å². The number of benzene rings is 1. The molecule has 1 spiro atoms. The van der Waals surface area contributed by atoms with Crippen LogP contribution in [0.1, 0.15) is 38.5 Å². The third-order valence-corrected chi connectivity index (χ3v) is 6.33. The van der Waals surface area contributed by atoms with Crippen molar-refractivity contribution < 1.29 is 18.7 Å². The van der Waals surface area contributed by atoms with Crippen LogP contribution < -0.4 is 4.74 Å². The number of ether oxygens (including phenoxy) is 2. The predicted octanol–water partition coefficient (Wildman–Crippen LogP) is 2.84. The van der Waals surface area contributed by atoms with Gasteiger partial charge in [0.2, 0.25) is 0 Å². The highest BCUT2D eigenvalue weighted by Crippen LogP contribution is 2.37. The summed E-state index contributed by atoms with van der Waals surface area (Å²) in [4.78, 5) is 17.0. The van der Waals surface area contributed by atoms with Gasteiger partial charge in [-0.2, -0.15) is 0 Å². The van der Waals surface area contributed by atoms with Crippen LogP contribution in [0.2, 0.25) is 0 Å². The van der Waals surface area contributed by atoms with Gasteiger partial charge < -0.3 is 19.3 Å². The molecular formula is C21H29FN2O3. The largest absolute Gasteiger partial charge is 0.484 e. The van der Waals surface area contributed by atoms with Crippen LogP contribution in [0.4, 0.5) is 4.39 Å². The van der Waals surface area contributed by atoms with Crippen LogP contribution in [0.25, 0.3) is 0 Å². The second-order valence-corrected chi connectivity index (χ2v) is 8.04. The van der Waals surface area contributed by atoms with E-state index in [1.165, 1.54) is 38.1 Å². The fourth-order valence-corrected chi connectivity index (χ4v) is 4.70. The quantitative estimate of drug-likeness (QED) is 0.810. The Balaban J connectivity index is 1.26. The number of hydrogen-bond acceptors (Lipinski definition) is 4. The minimum Gasteiger partial charge on any atom is -0.484 e. The Bertz CT molecular complexity index is 637. The van der Waals surface area contributed by atoms with Crippen LogP contribution in [0.5, 0.6) is 5.75 Å². The van der Waals surface area contributed by atoms with Crippen molar-refractivity contribution in [2.75, 3.05) is 39.4 Å². The van der Waals surface area contributed by atoms with Crippen LogP contribution in [-0.2, 0) is 9.53 Å². The number of rotatable bonds is 4. The maximum Gasteiger partial charge on any atom is 0.260 e. The molecule has 3 aliphatic heterocycles. The molecule has 27 heavy (non-hydrogen) atoms. The van der Waals surface area contributed by atoms with Gasteiger partial charge in [-0.05, 0) is 75.9 Å². The summed E-state index contributed by atoms with van der Waals surface area (Å²) < 4.78 is 24.7. The molecule has 0 radical (unpaired) electrons. The highest BCUT2D eigenvalue weighted by atomic mass is 19.1. The fourth-order valence-electron chi connectivity index (χ4n) is 4.70. The molecule has 1 unspecified atom stereocenters. The molecule has 3 fully saturated rings. The SMILES string of the molecule is O=C(COc1ccc(F)cc1)N1CCC2(CC1)CC(N1CCCC1)CCO2. The molecule has 4 rings (SSSR count). The smallest absolute Gasteiger partial charge is 0.260 e. The summed E-state index contributed by atoms with van der Waals surface area (Å²) in [6.07, 6.45) is 6.68. The molecule has 1 aromatic carbocycles. The summed E-state index contributed by atoms with van der Waals surface area (Å²) in [6.45, 7) is 4.73. The second kappa shape index (κ2) is 8.15. The number of carbonyl (C=O) groups is 1. The molecule has 3 aliphatic rings. The van der Waals surface area contributed by atoms with Crippen LogP contribution >= 0.6 is 0 Å². The third-order valence-electron chi connectivity index (χ3n) is 6.33. The normalized spacial score (nSPS) is 25.7. The van der Waals surface area contributed by atoms with Gasteiger partial charge in [-0.15, -0.1) is 0 Å². The molecule has 0 aliphatic carbocycles. The van der Waals surface area contributed by atoms with Crippen molar-refractivity contribution in [2.45, 2.75) is 50.2 Å². The first-order chi connectivity index (χ1) is 13.1. The van der Waals surface area contributed by atoms with Crippen LogP contribution in [0.15, 0.2) is 24.3 Å². The number of nitrogens with zero attached hydrogens (tertiary/aromatic N) is 2. The minimum atomic E-state index is -0.310. The summed E-state index contributed by atoms with van der Waals surface area (Å²) >= 11 is 0. The molecule has 3 heterocycles. The van der Waals surface area contributed by atoms with Crippen molar-refractivity contribution in [3.05, 3.63) is 30.1 Å². The Morgan fingerprint density at radius 3 is 2.56 bits per heavy atom. The summed E-state index contributed by atoms with van der Waals surface area (Å²) in [7, 11) is 0. The Morgan fingerprint density at radius 1 is 1.15 bits per heavy atom. The molecule has 1 amide bonds. The number of likely N-dealkylation sites (tertiary alicyclic amines) is 2. The first kappa shape index (κ1) is 18.7. The molecule has 6 heteroatoms. The first-order valence-corrected chi connectivity index (χ1v) is 10.2. The van der Waals surface area contributed by atoms with Crippen LogP contribution in [0, 0.1) is 5.82 Å². The van der Waals surface area contributed by atoms with Crippen LogP contribution in [-0.4, -0.2) is 66.7 Å². The van der Waals surface area contributed by atoms with E-state index in [9.17, 15) is 9.18 Å². The molecule has 1 atom stereocenters. The number of carbonyl (C=O) groups excluding carboxylic acids is 1. The van der Waals surface area contributed by atoms with Gasteiger partial charge in [-0.1, -0.05) is 0 Å². The number of amides is 1. The highest BCUT2D eigenvalue weighted by Gasteiger charge is 2.42. The Hall–Kier alpha value is -1.66. The lowest BCUT2D eigenvalue weighted by Gasteiger charge is -2.48. The van der Waals surface area contributed by atoms with Crippen molar-refractivity contribution >= 4 is 5.91 Å². The summed E-state index contributed by atoms with van der Waals surface area (Å²) in [6, 6.07) is 6.40. The van der Waals surface area contributed by atoms with Crippen molar-refractivity contribution in [3.8, 4) is 5.75 Å². The van der Waals surface area contributed by atoms with Gasteiger partial charge in [0.1, 0.15) is 11.6 Å². The predicted molar refractivity (Wildman–Crippen MR) is 100 cm³/mol. The third kappa shape index (κ3) is 4.43. The van der Waals surface area contributed by atoms with E-state index < -0.39 is 0 Å². The lowest BCUT2D eigenvalue weighted by atomic mass is 9.82. The molecule has 0 N–H and O–H groups in total. The zero-order valence-corrected chi connectivity index (χ0v) is 15.9. The second-order valence-electron chi connectivity index (χ2n) is 8.04. The average molecular weight is 376 g/mol. The van der Waals surface area contributed by atoms with Crippen molar-refractivity contribution in [2.24, 2.45) is 0 Å². The first-order valence-electron chi connectivity index (χ1n) is 10.2. The van der Waals surface area contributed by atoms with E-state index in [4.69, 9.17) is 9.47 Å². The minimum absolute atomic E-state index is 0.00408. The van der Waals surface area contributed by atoms with Gasteiger partial charge in [0.25, 0.3) is 5.91 Å². The molecule has 1 aromatic rings. The lowest BCUT2D eigenvalue weighted by Crippen LogP contribution is -2.54. The van der Waals surface area contributed by atoms with E-state index in [1.54, 1.807) is 12.1 Å². The molecular weight excluding hydrogens is 347 g/mol. The van der Waals surface area contributed by atoms with Gasteiger partial charge in [0, 0.05) is 25.7 Å². The molecule has 0 aromatic heterocycles. The van der Waals surface area contributed by atoms with Crippen LogP contribution in [0.3, 0.4) is 0 Å². The Morgan fingerprint density at radius 2 is 1.85 bits per heavy atom. The van der Waals surface area contributed by atoms with Crippen molar-refractivity contribution in [1.82, 2.24) is 9.80 Å². The molecule has 0 saturated carbocycles. The standard InChI is InChI=1S/C21H29FN2O3/c22-17-3-5-19(6-4-17)26-16-20(25)24-12-8-21(9-13-24)15-18(7-14-27-21)23-10-1-2-11-23/h3-6,18H,1-2,7-16H2. The van der Waals surface area contributed by atoms with E-state index in [0.717, 1.165) is 45.4 Å². The maximum atomic E-state index is 12.9. The highest BCUT2D eigenvalue weighted by molar-refractivity contribution is 5.77. The lowest BCUT2D eigenvalue weighted by molar-refractivity contribution is -0.150. The molecule has 0 bridgehead atoms. The molecule has 148 valence electrons. The zero-order chi connectivity index (χ0) is 18.7. The van der Waals surface area contributed by atoms with Gasteiger partial charge in [-0.25, -0.2) is 4.39 Å². The summed E-state index contributed by atoms with van der Waals surface area (Å²) in [5, 5.41) is 0. The van der Waals surface area contributed by atoms with Gasteiger partial charge in [-0.3, -0.25) is 4.79 Å². The monoisotopic (exact) mass is 376 g/mol. The van der Waals surface area contributed by atoms with Gasteiger partial charge in [0.15, 0.2) is 6.61 Å². The maximum absolute atomic E-state index is 12.9. The van der Waals surface area contributed by atoms with Gasteiger partial charge >= 0.3 is 0 Å². The fraction of sp³-hybridized carbons (Fsp3) is 0.667. The van der Waals surface area contributed by atoms with E-state index in [0.29, 0.717) is 11.8 Å². The average Bonchev–Trinajstić information content (AvgIpc) is 3.23. The van der Waals surface area contributed by atoms with Crippen molar-refractivity contribution in [3.63, 3.8) is 0 Å². The van der Waals surface area contributed by atoms with E-state index in [1.807, 2.05) is 4.90 Å². The number of hydrogen-bond donors (Lipinski definition) is 0.